The molecule has 1 N–H and O–H groups in total. The third-order valence-electron chi connectivity index (χ3n) is 3.49. The molecule has 0 bridgehead atoms. The van der Waals surface area contributed by atoms with Crippen LogP contribution in [-0.4, -0.2) is 6.54 Å². The van der Waals surface area contributed by atoms with Crippen LogP contribution in [0.25, 0.3) is 0 Å². The molecule has 1 aliphatic carbocycles. The van der Waals surface area contributed by atoms with Gasteiger partial charge < -0.3 is 5.32 Å². The number of hydrogen-bond acceptors (Lipinski definition) is 2. The van der Waals surface area contributed by atoms with Crippen molar-refractivity contribution in [3.8, 4) is 6.07 Å². The van der Waals surface area contributed by atoms with Crippen LogP contribution in [0.2, 0.25) is 0 Å². The van der Waals surface area contributed by atoms with Gasteiger partial charge in [-0.15, -0.1) is 0 Å². The van der Waals surface area contributed by atoms with E-state index in [1.54, 1.807) is 0 Å². The van der Waals surface area contributed by atoms with E-state index >= 15 is 0 Å². The summed E-state index contributed by atoms with van der Waals surface area (Å²) in [5.74, 6) is 0. The maximum Gasteiger partial charge on any atom is 0.101 e. The van der Waals surface area contributed by atoms with Crippen molar-refractivity contribution in [2.75, 3.05) is 11.9 Å². The first-order valence-corrected chi connectivity index (χ1v) is 6.92. The molecule has 0 atom stereocenters. The highest BCUT2D eigenvalue weighted by molar-refractivity contribution is 9.10. The second-order valence-electron chi connectivity index (χ2n) is 4.91. The van der Waals surface area contributed by atoms with Crippen LogP contribution in [0.15, 0.2) is 22.7 Å². The number of nitrogens with zero attached hydrogens (tertiary/aromatic N) is 1. The van der Waals surface area contributed by atoms with Crippen LogP contribution in [0.3, 0.4) is 0 Å². The van der Waals surface area contributed by atoms with Gasteiger partial charge in [0.1, 0.15) is 6.07 Å². The standard InChI is InChI=1S/C14H17BrN2/c1-2-5-14(6-7-14)10-17-13-4-3-12(15)8-11(13)9-16/h3-4,8,17H,2,5-7,10H2,1H3. The molecule has 1 fully saturated rings. The Hall–Kier alpha value is -1.01. The number of benzene rings is 1. The summed E-state index contributed by atoms with van der Waals surface area (Å²) in [5.41, 5.74) is 2.18. The van der Waals surface area contributed by atoms with Gasteiger partial charge in [-0.1, -0.05) is 29.3 Å². The van der Waals surface area contributed by atoms with Gasteiger partial charge >= 0.3 is 0 Å². The summed E-state index contributed by atoms with van der Waals surface area (Å²) in [5, 5.41) is 12.5. The first-order chi connectivity index (χ1) is 8.19. The quantitative estimate of drug-likeness (QED) is 0.878. The molecule has 1 saturated carbocycles. The van der Waals surface area contributed by atoms with Crippen LogP contribution < -0.4 is 5.32 Å². The number of hydrogen-bond donors (Lipinski definition) is 1. The Kier molecular flexibility index (Phi) is 3.73. The van der Waals surface area contributed by atoms with Crippen molar-refractivity contribution < 1.29 is 0 Å². The van der Waals surface area contributed by atoms with Gasteiger partial charge in [-0.2, -0.15) is 5.26 Å². The van der Waals surface area contributed by atoms with Crippen LogP contribution in [0.1, 0.15) is 38.2 Å². The molecule has 1 aromatic rings. The molecule has 0 saturated heterocycles. The molecule has 0 amide bonds. The van der Waals surface area contributed by atoms with E-state index in [2.05, 4.69) is 34.2 Å². The summed E-state index contributed by atoms with van der Waals surface area (Å²) in [6.07, 6.45) is 5.18. The lowest BCUT2D eigenvalue weighted by molar-refractivity contribution is 0.485. The third-order valence-corrected chi connectivity index (χ3v) is 3.99. The van der Waals surface area contributed by atoms with Crippen molar-refractivity contribution in [2.45, 2.75) is 32.6 Å². The molecule has 2 nitrogen and oxygen atoms in total. The van der Waals surface area contributed by atoms with Crippen LogP contribution in [0.4, 0.5) is 5.69 Å². The highest BCUT2D eigenvalue weighted by Crippen LogP contribution is 2.49. The van der Waals surface area contributed by atoms with E-state index in [-0.39, 0.29) is 0 Å². The van der Waals surface area contributed by atoms with Gasteiger partial charge in [-0.25, -0.2) is 0 Å². The second kappa shape index (κ2) is 5.10. The van der Waals surface area contributed by atoms with E-state index in [9.17, 15) is 0 Å². The largest absolute Gasteiger partial charge is 0.383 e. The van der Waals surface area contributed by atoms with E-state index in [0.29, 0.717) is 11.0 Å². The molecule has 1 aromatic carbocycles. The van der Waals surface area contributed by atoms with E-state index in [0.717, 1.165) is 16.7 Å². The van der Waals surface area contributed by atoms with Crippen molar-refractivity contribution in [3.05, 3.63) is 28.2 Å². The fourth-order valence-electron chi connectivity index (χ4n) is 2.27. The summed E-state index contributed by atoms with van der Waals surface area (Å²) in [6.45, 7) is 3.23. The number of anilines is 1. The zero-order chi connectivity index (χ0) is 12.3. The topological polar surface area (TPSA) is 35.8 Å². The minimum absolute atomic E-state index is 0.508. The zero-order valence-corrected chi connectivity index (χ0v) is 11.7. The van der Waals surface area contributed by atoms with Crippen molar-refractivity contribution in [1.82, 2.24) is 0 Å². The monoisotopic (exact) mass is 292 g/mol. The van der Waals surface area contributed by atoms with Crippen molar-refractivity contribution in [1.29, 1.82) is 5.26 Å². The van der Waals surface area contributed by atoms with Crippen molar-refractivity contribution >= 4 is 21.6 Å². The van der Waals surface area contributed by atoms with Crippen LogP contribution in [-0.2, 0) is 0 Å². The zero-order valence-electron chi connectivity index (χ0n) is 10.1. The molecule has 0 heterocycles. The van der Waals surface area contributed by atoms with Gasteiger partial charge in [0.25, 0.3) is 0 Å². The highest BCUT2D eigenvalue weighted by Gasteiger charge is 2.41. The molecular formula is C14H17BrN2. The van der Waals surface area contributed by atoms with Gasteiger partial charge in [0.05, 0.1) is 11.3 Å². The van der Waals surface area contributed by atoms with Gasteiger partial charge in [-0.05, 0) is 42.9 Å². The average molecular weight is 293 g/mol. The van der Waals surface area contributed by atoms with Gasteiger partial charge in [0, 0.05) is 11.0 Å². The van der Waals surface area contributed by atoms with E-state index in [1.807, 2.05) is 18.2 Å². The lowest BCUT2D eigenvalue weighted by Crippen LogP contribution is -2.15. The van der Waals surface area contributed by atoms with Gasteiger partial charge in [0.15, 0.2) is 0 Å². The molecule has 0 radical (unpaired) electrons. The minimum Gasteiger partial charge on any atom is -0.383 e. The lowest BCUT2D eigenvalue weighted by atomic mass is 10.0. The van der Waals surface area contributed by atoms with Gasteiger partial charge in [-0.3, -0.25) is 0 Å². The fraction of sp³-hybridized carbons (Fsp3) is 0.500. The van der Waals surface area contributed by atoms with E-state index < -0.39 is 0 Å². The fourth-order valence-corrected chi connectivity index (χ4v) is 2.63. The Labute approximate surface area is 111 Å². The molecule has 0 aromatic heterocycles. The predicted molar refractivity (Wildman–Crippen MR) is 73.9 cm³/mol. The molecule has 90 valence electrons. The third kappa shape index (κ3) is 3.01. The number of halogens is 1. The van der Waals surface area contributed by atoms with Gasteiger partial charge in [0.2, 0.25) is 0 Å². The summed E-state index contributed by atoms with van der Waals surface area (Å²) in [7, 11) is 0. The van der Waals surface area contributed by atoms with Crippen molar-refractivity contribution in [2.24, 2.45) is 5.41 Å². The summed E-state index contributed by atoms with van der Waals surface area (Å²) >= 11 is 3.39. The van der Waals surface area contributed by atoms with E-state index in [4.69, 9.17) is 5.26 Å². The van der Waals surface area contributed by atoms with Crippen LogP contribution in [0.5, 0.6) is 0 Å². The second-order valence-corrected chi connectivity index (χ2v) is 5.82. The molecule has 0 spiro atoms. The van der Waals surface area contributed by atoms with Crippen LogP contribution >= 0.6 is 15.9 Å². The Morgan fingerprint density at radius 2 is 2.24 bits per heavy atom. The first kappa shape index (κ1) is 12.4. The average Bonchev–Trinajstić information content (AvgIpc) is 3.08. The van der Waals surface area contributed by atoms with Crippen molar-refractivity contribution in [3.63, 3.8) is 0 Å². The molecule has 3 heteroatoms. The summed E-state index contributed by atoms with van der Waals surface area (Å²) < 4.78 is 0.953. The lowest BCUT2D eigenvalue weighted by Gasteiger charge is -2.16. The Balaban J connectivity index is 2.02. The smallest absolute Gasteiger partial charge is 0.101 e. The minimum atomic E-state index is 0.508. The van der Waals surface area contributed by atoms with Crippen LogP contribution in [0, 0.1) is 16.7 Å². The highest BCUT2D eigenvalue weighted by atomic mass is 79.9. The summed E-state index contributed by atoms with van der Waals surface area (Å²) in [4.78, 5) is 0. The number of rotatable bonds is 5. The maximum absolute atomic E-state index is 9.08. The summed E-state index contributed by atoms with van der Waals surface area (Å²) in [6, 6.07) is 8.05. The molecular weight excluding hydrogens is 276 g/mol. The Morgan fingerprint density at radius 1 is 1.47 bits per heavy atom. The normalized spacial score (nSPS) is 16.3. The molecule has 2 rings (SSSR count). The number of nitrogens with one attached hydrogen (secondary N) is 1. The molecule has 0 unspecified atom stereocenters. The molecule has 17 heavy (non-hydrogen) atoms. The molecule has 1 aliphatic rings. The maximum atomic E-state index is 9.08. The number of nitriles is 1. The van der Waals surface area contributed by atoms with E-state index in [1.165, 1.54) is 25.7 Å². The Morgan fingerprint density at radius 3 is 2.82 bits per heavy atom. The SMILES string of the molecule is CCCC1(CNc2ccc(Br)cc2C#N)CC1. The molecule has 0 aliphatic heterocycles. The first-order valence-electron chi connectivity index (χ1n) is 6.13. The predicted octanol–water partition coefficient (Wildman–Crippen LogP) is 4.31. The Bertz CT molecular complexity index is 444.